The van der Waals surface area contributed by atoms with E-state index >= 15 is 0 Å². The highest BCUT2D eigenvalue weighted by atomic mass is 35.5. The van der Waals surface area contributed by atoms with Crippen molar-refractivity contribution in [1.29, 1.82) is 0 Å². The number of carbonyl (C=O) groups is 2. The zero-order valence-corrected chi connectivity index (χ0v) is 19.6. The van der Waals surface area contributed by atoms with E-state index in [9.17, 15) is 9.59 Å². The minimum Gasteiger partial charge on any atom is -0.481 e. The second-order valence-corrected chi connectivity index (χ2v) is 9.01. The smallest absolute Gasteiger partial charge is 0.341 e. The van der Waals surface area contributed by atoms with Crippen LogP contribution in [-0.2, 0) is 22.4 Å². The Morgan fingerprint density at radius 3 is 2.24 bits per heavy atom. The van der Waals surface area contributed by atoms with Gasteiger partial charge in [-0.05, 0) is 31.7 Å². The molecule has 0 radical (unpaired) electrons. The fourth-order valence-electron chi connectivity index (χ4n) is 2.92. The van der Waals surface area contributed by atoms with Gasteiger partial charge in [0.2, 0.25) is 0 Å². The molecule has 0 spiro atoms. The predicted octanol–water partition coefficient (Wildman–Crippen LogP) is 6.70. The van der Waals surface area contributed by atoms with E-state index in [1.54, 1.807) is 6.92 Å². The van der Waals surface area contributed by atoms with Gasteiger partial charge >= 0.3 is 5.97 Å². The minimum atomic E-state index is -0.509. The van der Waals surface area contributed by atoms with Crippen molar-refractivity contribution in [2.45, 2.75) is 26.2 Å². The summed E-state index contributed by atoms with van der Waals surface area (Å²) in [5.41, 5.74) is 1.35. The number of benzene rings is 1. The molecule has 1 aliphatic carbocycles. The van der Waals surface area contributed by atoms with Crippen molar-refractivity contribution in [3.05, 3.63) is 41.1 Å². The number of anilines is 1. The molecule has 1 aromatic carbocycles. The van der Waals surface area contributed by atoms with E-state index in [2.05, 4.69) is 5.32 Å². The molecule has 156 valence electrons. The van der Waals surface area contributed by atoms with E-state index in [4.69, 9.17) is 67.5 Å². The zero-order valence-electron chi connectivity index (χ0n) is 15.0. The van der Waals surface area contributed by atoms with Crippen LogP contribution in [-0.4, -0.2) is 25.1 Å². The molecule has 0 aliphatic heterocycles. The number of esters is 1. The van der Waals surface area contributed by atoms with E-state index in [0.717, 1.165) is 29.7 Å². The third kappa shape index (κ3) is 4.58. The number of amides is 1. The van der Waals surface area contributed by atoms with Gasteiger partial charge in [-0.3, -0.25) is 4.79 Å². The van der Waals surface area contributed by atoms with E-state index < -0.39 is 18.5 Å². The Morgan fingerprint density at radius 1 is 1.00 bits per heavy atom. The molecule has 1 aliphatic rings. The summed E-state index contributed by atoms with van der Waals surface area (Å²) < 4.78 is 10.6. The number of carbonyl (C=O) groups excluding carboxylic acids is 2. The summed E-state index contributed by atoms with van der Waals surface area (Å²) in [6.07, 6.45) is 2.62. The number of fused-ring (bicyclic) bond motifs is 1. The van der Waals surface area contributed by atoms with Crippen molar-refractivity contribution >= 4 is 86.2 Å². The molecule has 11 heteroatoms. The lowest BCUT2D eigenvalue weighted by molar-refractivity contribution is -0.118. The first-order valence-corrected chi connectivity index (χ1v) is 11.2. The van der Waals surface area contributed by atoms with Crippen LogP contribution in [0.15, 0.2) is 0 Å². The third-order valence-electron chi connectivity index (χ3n) is 4.17. The first-order valence-electron chi connectivity index (χ1n) is 8.51. The van der Waals surface area contributed by atoms with Gasteiger partial charge in [0.05, 0.1) is 27.2 Å². The maximum atomic E-state index is 12.4. The predicted molar refractivity (Wildman–Crippen MR) is 118 cm³/mol. The average molecular weight is 518 g/mol. The lowest BCUT2D eigenvalue weighted by Crippen LogP contribution is -2.21. The average Bonchev–Trinajstić information content (AvgIpc) is 3.25. The standard InChI is InChI=1S/C18H14Cl5NO4S/c1-2-27-18(26)10-7-4-3-5-8(7)29-17(10)24-9(25)6-28-16-14(22)12(20)11(19)13(21)15(16)23/h2-6H2,1H3,(H,24,25). The van der Waals surface area contributed by atoms with Crippen molar-refractivity contribution in [1.82, 2.24) is 0 Å². The fraction of sp³-hybridized carbons (Fsp3) is 0.333. The summed E-state index contributed by atoms with van der Waals surface area (Å²) in [5, 5.41) is 2.96. The van der Waals surface area contributed by atoms with Crippen LogP contribution in [0.2, 0.25) is 25.1 Å². The van der Waals surface area contributed by atoms with Crippen LogP contribution in [0.1, 0.15) is 34.1 Å². The second-order valence-electron chi connectivity index (χ2n) is 6.02. The van der Waals surface area contributed by atoms with Gasteiger partial charge < -0.3 is 14.8 Å². The van der Waals surface area contributed by atoms with Gasteiger partial charge in [0, 0.05) is 4.88 Å². The molecule has 2 aromatic rings. The number of thiophene rings is 1. The number of aryl methyl sites for hydroxylation is 1. The Bertz CT molecular complexity index is 962. The van der Waals surface area contributed by atoms with Crippen LogP contribution in [0, 0.1) is 0 Å². The van der Waals surface area contributed by atoms with E-state index in [0.29, 0.717) is 10.6 Å². The summed E-state index contributed by atoms with van der Waals surface area (Å²) >= 11 is 31.5. The van der Waals surface area contributed by atoms with E-state index in [1.165, 1.54) is 11.3 Å². The lowest BCUT2D eigenvalue weighted by atomic mass is 10.1. The molecule has 5 nitrogen and oxygen atoms in total. The van der Waals surface area contributed by atoms with Gasteiger partial charge in [-0.15, -0.1) is 11.3 Å². The summed E-state index contributed by atoms with van der Waals surface area (Å²) in [7, 11) is 0. The van der Waals surface area contributed by atoms with Crippen molar-refractivity contribution in [3.63, 3.8) is 0 Å². The fourth-order valence-corrected chi connectivity index (χ4v) is 5.45. The zero-order chi connectivity index (χ0) is 21.3. The van der Waals surface area contributed by atoms with Gasteiger partial charge in [0.25, 0.3) is 5.91 Å². The number of ether oxygens (including phenoxy) is 2. The van der Waals surface area contributed by atoms with Crippen LogP contribution in [0.4, 0.5) is 5.00 Å². The number of hydrogen-bond donors (Lipinski definition) is 1. The molecular weight excluding hydrogens is 504 g/mol. The lowest BCUT2D eigenvalue weighted by Gasteiger charge is -2.14. The van der Waals surface area contributed by atoms with Crippen LogP contribution < -0.4 is 10.1 Å². The molecule has 29 heavy (non-hydrogen) atoms. The molecular formula is C18H14Cl5NO4S. The Kier molecular flexibility index (Phi) is 7.46. The van der Waals surface area contributed by atoms with Gasteiger partial charge in [-0.25, -0.2) is 4.79 Å². The molecule has 1 amide bonds. The molecule has 0 unspecified atom stereocenters. The number of nitrogens with one attached hydrogen (secondary N) is 1. The second kappa shape index (κ2) is 9.50. The highest BCUT2D eigenvalue weighted by Crippen LogP contribution is 2.48. The maximum Gasteiger partial charge on any atom is 0.341 e. The van der Waals surface area contributed by atoms with Crippen LogP contribution in [0.3, 0.4) is 0 Å². The molecule has 0 saturated heterocycles. The van der Waals surface area contributed by atoms with Crippen molar-refractivity contribution in [3.8, 4) is 5.75 Å². The van der Waals surface area contributed by atoms with Crippen molar-refractivity contribution in [2.75, 3.05) is 18.5 Å². The minimum absolute atomic E-state index is 0.00712. The molecule has 1 aromatic heterocycles. The summed E-state index contributed by atoms with van der Waals surface area (Å²) in [4.78, 5) is 25.9. The van der Waals surface area contributed by atoms with Crippen molar-refractivity contribution in [2.24, 2.45) is 0 Å². The first kappa shape index (κ1) is 22.8. The monoisotopic (exact) mass is 515 g/mol. The maximum absolute atomic E-state index is 12.4. The van der Waals surface area contributed by atoms with Gasteiger partial charge in [-0.2, -0.15) is 0 Å². The van der Waals surface area contributed by atoms with Crippen molar-refractivity contribution < 1.29 is 19.1 Å². The topological polar surface area (TPSA) is 64.6 Å². The third-order valence-corrected chi connectivity index (χ3v) is 7.62. The summed E-state index contributed by atoms with van der Waals surface area (Å²) in [6.45, 7) is 1.54. The molecule has 0 saturated carbocycles. The number of halogens is 5. The van der Waals surface area contributed by atoms with Gasteiger partial charge in [-0.1, -0.05) is 58.0 Å². The first-order chi connectivity index (χ1) is 13.8. The van der Waals surface area contributed by atoms with Crippen LogP contribution in [0.5, 0.6) is 5.75 Å². The van der Waals surface area contributed by atoms with Crippen LogP contribution >= 0.6 is 69.3 Å². The molecule has 1 N–H and O–H groups in total. The summed E-state index contributed by atoms with van der Waals surface area (Å²) in [5.74, 6) is -1.02. The quantitative estimate of drug-likeness (QED) is 0.263. The molecule has 1 heterocycles. The van der Waals surface area contributed by atoms with Crippen LogP contribution in [0.25, 0.3) is 0 Å². The Hall–Kier alpha value is -0.890. The summed E-state index contributed by atoms with van der Waals surface area (Å²) in [6, 6.07) is 0. The number of hydrogen-bond acceptors (Lipinski definition) is 5. The normalized spacial score (nSPS) is 12.6. The van der Waals surface area contributed by atoms with E-state index in [-0.39, 0.29) is 37.5 Å². The molecule has 0 fully saturated rings. The Balaban J connectivity index is 1.77. The van der Waals surface area contributed by atoms with Gasteiger partial charge in [0.15, 0.2) is 12.4 Å². The Labute approximate surface area is 196 Å². The Morgan fingerprint density at radius 2 is 1.62 bits per heavy atom. The van der Waals surface area contributed by atoms with Gasteiger partial charge in [0.1, 0.15) is 15.0 Å². The highest BCUT2D eigenvalue weighted by molar-refractivity contribution is 7.17. The SMILES string of the molecule is CCOC(=O)c1c(NC(=O)COc2c(Cl)c(Cl)c(Cl)c(Cl)c2Cl)sc2c1CCC2. The highest BCUT2D eigenvalue weighted by Gasteiger charge is 2.28. The molecule has 0 atom stereocenters. The van der Waals surface area contributed by atoms with E-state index in [1.807, 2.05) is 0 Å². The largest absolute Gasteiger partial charge is 0.481 e. The molecule has 0 bridgehead atoms. The number of rotatable bonds is 6. The molecule has 3 rings (SSSR count).